The van der Waals surface area contributed by atoms with E-state index in [4.69, 9.17) is 4.99 Å². The maximum atomic E-state index is 13.5. The van der Waals surface area contributed by atoms with Gasteiger partial charge in [-0.1, -0.05) is 32.1 Å². The van der Waals surface area contributed by atoms with Gasteiger partial charge in [0.2, 0.25) is 0 Å². The molecule has 5 aliphatic carbocycles. The van der Waals surface area contributed by atoms with Crippen LogP contribution in [0.1, 0.15) is 87.6 Å². The lowest BCUT2D eigenvalue weighted by molar-refractivity contribution is -0.142. The van der Waals surface area contributed by atoms with Crippen molar-refractivity contribution < 1.29 is 4.79 Å². The lowest BCUT2D eigenvalue weighted by Gasteiger charge is -2.55. The first-order valence-corrected chi connectivity index (χ1v) is 12.6. The summed E-state index contributed by atoms with van der Waals surface area (Å²) in [6.45, 7) is 5.43. The summed E-state index contributed by atoms with van der Waals surface area (Å²) in [6, 6.07) is 0. The second kappa shape index (κ2) is 7.41. The van der Waals surface area contributed by atoms with Gasteiger partial charge in [0.25, 0.3) is 5.91 Å². The molecule has 1 aromatic rings. The van der Waals surface area contributed by atoms with E-state index in [1.165, 1.54) is 68.4 Å². The molecule has 0 aliphatic heterocycles. The van der Waals surface area contributed by atoms with Crippen molar-refractivity contribution in [1.82, 2.24) is 4.57 Å². The van der Waals surface area contributed by atoms with Crippen LogP contribution in [0.2, 0.25) is 0 Å². The Kier molecular flexibility index (Phi) is 5.05. The fraction of sp³-hybridized carbons (Fsp3) is 0.833. The smallest absolute Gasteiger partial charge is 0.254 e. The van der Waals surface area contributed by atoms with Crippen molar-refractivity contribution >= 4 is 17.2 Å². The number of aryl methyl sites for hydroxylation is 1. The summed E-state index contributed by atoms with van der Waals surface area (Å²) < 4.78 is 2.37. The molecule has 0 aromatic carbocycles. The van der Waals surface area contributed by atoms with Crippen molar-refractivity contribution in [3.63, 3.8) is 0 Å². The molecule has 28 heavy (non-hydrogen) atoms. The van der Waals surface area contributed by atoms with Gasteiger partial charge in [-0.05, 0) is 82.5 Å². The molecule has 5 aliphatic rings. The van der Waals surface area contributed by atoms with Crippen molar-refractivity contribution in [3.05, 3.63) is 15.4 Å². The molecule has 0 radical (unpaired) electrons. The van der Waals surface area contributed by atoms with E-state index in [1.807, 2.05) is 0 Å². The number of amides is 1. The van der Waals surface area contributed by atoms with Crippen molar-refractivity contribution in [3.8, 4) is 0 Å². The van der Waals surface area contributed by atoms with Gasteiger partial charge in [0.15, 0.2) is 4.80 Å². The van der Waals surface area contributed by atoms with Crippen molar-refractivity contribution in [2.24, 2.45) is 34.1 Å². The molecule has 1 heterocycles. The quantitative estimate of drug-likeness (QED) is 0.631. The third-order valence-corrected chi connectivity index (χ3v) is 9.66. The molecule has 3 nitrogen and oxygen atoms in total. The fourth-order valence-electron chi connectivity index (χ4n) is 7.31. The lowest BCUT2D eigenvalue weighted by atomic mass is 9.49. The second-order valence-electron chi connectivity index (χ2n) is 10.6. The van der Waals surface area contributed by atoms with Gasteiger partial charge in [-0.15, -0.1) is 11.3 Å². The van der Waals surface area contributed by atoms with E-state index in [0.717, 1.165) is 54.3 Å². The Hall–Kier alpha value is -0.900. The minimum Gasteiger partial charge on any atom is -0.321 e. The third kappa shape index (κ3) is 3.44. The molecule has 0 saturated heterocycles. The highest BCUT2D eigenvalue weighted by atomic mass is 32.1. The van der Waals surface area contributed by atoms with Crippen LogP contribution in [0.4, 0.5) is 0 Å². The summed E-state index contributed by atoms with van der Waals surface area (Å²) in [4.78, 5) is 20.6. The Labute approximate surface area is 173 Å². The van der Waals surface area contributed by atoms with Gasteiger partial charge in [0, 0.05) is 17.1 Å². The van der Waals surface area contributed by atoms with Gasteiger partial charge in [0.05, 0.1) is 5.41 Å². The zero-order valence-electron chi connectivity index (χ0n) is 17.7. The van der Waals surface area contributed by atoms with E-state index >= 15 is 0 Å². The Morgan fingerprint density at radius 2 is 1.64 bits per heavy atom. The summed E-state index contributed by atoms with van der Waals surface area (Å²) in [5, 5.41) is 0. The first-order valence-electron chi connectivity index (χ1n) is 11.8. The van der Waals surface area contributed by atoms with Gasteiger partial charge in [-0.25, -0.2) is 0 Å². The van der Waals surface area contributed by atoms with Crippen LogP contribution in [-0.4, -0.2) is 10.5 Å². The number of carbonyl (C=O) groups excluding carboxylic acids is 1. The van der Waals surface area contributed by atoms with E-state index < -0.39 is 0 Å². The normalized spacial score (nSPS) is 35.6. The monoisotopic (exact) mass is 400 g/mol. The molecule has 6 rings (SSSR count). The largest absolute Gasteiger partial charge is 0.321 e. The van der Waals surface area contributed by atoms with Crippen LogP contribution in [0, 0.1) is 42.9 Å². The van der Waals surface area contributed by atoms with Crippen molar-refractivity contribution in [2.75, 3.05) is 0 Å². The topological polar surface area (TPSA) is 34.4 Å². The van der Waals surface area contributed by atoms with Gasteiger partial charge in [-0.2, -0.15) is 4.99 Å². The molecule has 4 bridgehead atoms. The Balaban J connectivity index is 1.38. The molecule has 1 aromatic heterocycles. The number of rotatable bonds is 4. The molecule has 0 unspecified atom stereocenters. The van der Waals surface area contributed by atoms with E-state index in [9.17, 15) is 4.79 Å². The molecule has 4 heteroatoms. The molecule has 1 amide bonds. The number of hydrogen-bond donors (Lipinski definition) is 0. The van der Waals surface area contributed by atoms with E-state index in [-0.39, 0.29) is 11.3 Å². The number of thiazole rings is 1. The van der Waals surface area contributed by atoms with Gasteiger partial charge < -0.3 is 4.57 Å². The van der Waals surface area contributed by atoms with Gasteiger partial charge in [-0.3, -0.25) is 4.79 Å². The number of nitrogens with zero attached hydrogens (tertiary/aromatic N) is 2. The van der Waals surface area contributed by atoms with Crippen LogP contribution in [0.5, 0.6) is 0 Å². The van der Waals surface area contributed by atoms with Crippen LogP contribution in [-0.2, 0) is 11.3 Å². The molecular weight excluding hydrogens is 364 g/mol. The van der Waals surface area contributed by atoms with Crippen LogP contribution in [0.3, 0.4) is 0 Å². The molecule has 0 N–H and O–H groups in total. The number of carbonyl (C=O) groups is 1. The average Bonchev–Trinajstić information content (AvgIpc) is 2.93. The lowest BCUT2D eigenvalue weighted by Crippen LogP contribution is -2.50. The number of aromatic nitrogens is 1. The van der Waals surface area contributed by atoms with E-state index in [0.29, 0.717) is 0 Å². The SMILES string of the molecule is Cc1s/c(=N\C(=O)C23CC4CC(CC(C4)C2)C3)n(CCC2CCCCC2)c1C. The Morgan fingerprint density at radius 1 is 1.04 bits per heavy atom. The molecular formula is C24H36N2OS. The Bertz CT molecular complexity index is 776. The highest BCUT2D eigenvalue weighted by molar-refractivity contribution is 7.09. The first-order chi connectivity index (χ1) is 13.5. The first kappa shape index (κ1) is 19.1. The van der Waals surface area contributed by atoms with Gasteiger partial charge >= 0.3 is 0 Å². The summed E-state index contributed by atoms with van der Waals surface area (Å²) >= 11 is 1.74. The van der Waals surface area contributed by atoms with Crippen molar-refractivity contribution in [2.45, 2.75) is 97.4 Å². The van der Waals surface area contributed by atoms with Crippen molar-refractivity contribution in [1.29, 1.82) is 0 Å². The highest BCUT2D eigenvalue weighted by Gasteiger charge is 2.54. The Morgan fingerprint density at radius 3 is 2.25 bits per heavy atom. The second-order valence-corrected chi connectivity index (χ2v) is 11.8. The fourth-order valence-corrected chi connectivity index (χ4v) is 8.31. The average molecular weight is 401 g/mol. The maximum absolute atomic E-state index is 13.5. The summed E-state index contributed by atoms with van der Waals surface area (Å²) in [7, 11) is 0. The molecule has 5 saturated carbocycles. The van der Waals surface area contributed by atoms with Crippen LogP contribution in [0.15, 0.2) is 4.99 Å². The highest BCUT2D eigenvalue weighted by Crippen LogP contribution is 2.60. The third-order valence-electron chi connectivity index (χ3n) is 8.56. The maximum Gasteiger partial charge on any atom is 0.254 e. The minimum atomic E-state index is -0.109. The standard InChI is InChI=1S/C24H36N2OS/c1-16-17(2)28-23(26(16)9-8-18-6-4-3-5-7-18)25-22(27)24-13-19-10-20(14-24)12-21(11-19)15-24/h18-21H,3-15H2,1-2H3/b25-23-. The predicted molar refractivity (Wildman–Crippen MR) is 114 cm³/mol. The van der Waals surface area contributed by atoms with E-state index in [1.54, 1.807) is 11.3 Å². The minimum absolute atomic E-state index is 0.109. The number of hydrogen-bond acceptors (Lipinski definition) is 2. The zero-order valence-corrected chi connectivity index (χ0v) is 18.5. The van der Waals surface area contributed by atoms with Crippen LogP contribution in [0.25, 0.3) is 0 Å². The van der Waals surface area contributed by atoms with E-state index in [2.05, 4.69) is 18.4 Å². The molecule has 0 atom stereocenters. The summed E-state index contributed by atoms with van der Waals surface area (Å²) in [6.07, 6.45) is 15.7. The molecule has 154 valence electrons. The van der Waals surface area contributed by atoms with Crippen LogP contribution >= 0.6 is 11.3 Å². The zero-order chi connectivity index (χ0) is 19.3. The summed E-state index contributed by atoms with van der Waals surface area (Å²) in [5.41, 5.74) is 1.21. The van der Waals surface area contributed by atoms with Gasteiger partial charge in [0.1, 0.15) is 0 Å². The van der Waals surface area contributed by atoms with Crippen LogP contribution < -0.4 is 4.80 Å². The molecule has 0 spiro atoms. The predicted octanol–water partition coefficient (Wildman–Crippen LogP) is 5.78. The summed E-state index contributed by atoms with van der Waals surface area (Å²) in [5.74, 6) is 3.49. The molecule has 5 fully saturated rings.